The van der Waals surface area contributed by atoms with Crippen LogP contribution < -0.4 is 0 Å². The molecule has 0 aliphatic rings. The third-order valence-electron chi connectivity index (χ3n) is 4.34. The highest BCUT2D eigenvalue weighted by atomic mass is 19.1. The van der Waals surface area contributed by atoms with Gasteiger partial charge in [-0.15, -0.1) is 5.10 Å². The van der Waals surface area contributed by atoms with Crippen LogP contribution in [0.5, 0.6) is 0 Å². The number of benzene rings is 1. The smallest absolute Gasteiger partial charge is 0.172 e. The van der Waals surface area contributed by atoms with Crippen LogP contribution in [0.2, 0.25) is 0 Å². The fourth-order valence-corrected chi connectivity index (χ4v) is 2.96. The van der Waals surface area contributed by atoms with Crippen LogP contribution in [0.3, 0.4) is 0 Å². The standard InChI is InChI=1S/C18H18FN7O/c1-12-16(13(2)27-24-12)7-8-18-22-17(9-25-11-20-10-21-25)23-26(18)15-5-3-14(19)4-6-15/h3-6,10-11H,7-9H2,1-2H3. The molecular formula is C18H18FN7O. The molecule has 0 aliphatic heterocycles. The summed E-state index contributed by atoms with van der Waals surface area (Å²) < 4.78 is 21.9. The summed E-state index contributed by atoms with van der Waals surface area (Å²) in [5.74, 6) is 1.90. The predicted octanol–water partition coefficient (Wildman–Crippen LogP) is 2.44. The van der Waals surface area contributed by atoms with Gasteiger partial charge in [-0.25, -0.2) is 23.7 Å². The molecule has 0 bridgehead atoms. The van der Waals surface area contributed by atoms with Crippen LogP contribution in [-0.4, -0.2) is 34.7 Å². The van der Waals surface area contributed by atoms with Crippen LogP contribution in [0.15, 0.2) is 41.4 Å². The van der Waals surface area contributed by atoms with E-state index in [1.165, 1.54) is 18.5 Å². The van der Waals surface area contributed by atoms with Crippen LogP contribution in [0.4, 0.5) is 4.39 Å². The van der Waals surface area contributed by atoms with Gasteiger partial charge in [0.05, 0.1) is 11.4 Å². The van der Waals surface area contributed by atoms with E-state index in [9.17, 15) is 4.39 Å². The molecule has 0 amide bonds. The van der Waals surface area contributed by atoms with E-state index in [-0.39, 0.29) is 5.82 Å². The number of nitrogens with zero attached hydrogens (tertiary/aromatic N) is 7. The van der Waals surface area contributed by atoms with Gasteiger partial charge in [-0.2, -0.15) is 5.10 Å². The van der Waals surface area contributed by atoms with Crippen molar-refractivity contribution in [1.29, 1.82) is 0 Å². The molecule has 0 fully saturated rings. The summed E-state index contributed by atoms with van der Waals surface area (Å²) in [5, 5.41) is 12.7. The van der Waals surface area contributed by atoms with Gasteiger partial charge in [0.2, 0.25) is 0 Å². The summed E-state index contributed by atoms with van der Waals surface area (Å²) in [5.41, 5.74) is 2.70. The van der Waals surface area contributed by atoms with E-state index in [1.807, 2.05) is 13.8 Å². The Labute approximate surface area is 154 Å². The lowest BCUT2D eigenvalue weighted by Gasteiger charge is -2.06. The largest absolute Gasteiger partial charge is 0.361 e. The third kappa shape index (κ3) is 3.62. The fourth-order valence-electron chi connectivity index (χ4n) is 2.96. The Bertz CT molecular complexity index is 1020. The molecule has 0 saturated carbocycles. The van der Waals surface area contributed by atoms with Gasteiger partial charge >= 0.3 is 0 Å². The molecule has 0 spiro atoms. The van der Waals surface area contributed by atoms with E-state index < -0.39 is 0 Å². The van der Waals surface area contributed by atoms with Crippen molar-refractivity contribution in [2.24, 2.45) is 0 Å². The van der Waals surface area contributed by atoms with Crippen LogP contribution in [0.1, 0.15) is 28.7 Å². The zero-order chi connectivity index (χ0) is 18.8. The molecule has 4 rings (SSSR count). The van der Waals surface area contributed by atoms with Crippen molar-refractivity contribution in [3.05, 3.63) is 71.4 Å². The highest BCUT2D eigenvalue weighted by Crippen LogP contribution is 2.17. The highest BCUT2D eigenvalue weighted by molar-refractivity contribution is 5.32. The summed E-state index contributed by atoms with van der Waals surface area (Å²) >= 11 is 0. The van der Waals surface area contributed by atoms with Crippen LogP contribution in [0, 0.1) is 19.7 Å². The molecule has 3 aromatic heterocycles. The molecule has 8 nitrogen and oxygen atoms in total. The molecule has 1 aromatic carbocycles. The van der Waals surface area contributed by atoms with Crippen molar-refractivity contribution in [1.82, 2.24) is 34.7 Å². The predicted molar refractivity (Wildman–Crippen MR) is 93.8 cm³/mol. The Morgan fingerprint density at radius 1 is 1.11 bits per heavy atom. The second kappa shape index (κ2) is 7.10. The maximum atomic E-state index is 13.3. The molecule has 3 heterocycles. The molecule has 27 heavy (non-hydrogen) atoms. The van der Waals surface area contributed by atoms with Crippen molar-refractivity contribution in [2.45, 2.75) is 33.2 Å². The van der Waals surface area contributed by atoms with E-state index in [2.05, 4.69) is 25.3 Å². The molecule has 9 heteroatoms. The third-order valence-corrected chi connectivity index (χ3v) is 4.34. The van der Waals surface area contributed by atoms with E-state index in [1.54, 1.807) is 27.8 Å². The van der Waals surface area contributed by atoms with Crippen LogP contribution in [0.25, 0.3) is 5.69 Å². The first-order valence-corrected chi connectivity index (χ1v) is 8.55. The second-order valence-corrected chi connectivity index (χ2v) is 6.23. The Morgan fingerprint density at radius 2 is 1.93 bits per heavy atom. The Balaban J connectivity index is 1.65. The lowest BCUT2D eigenvalue weighted by atomic mass is 10.1. The molecule has 0 radical (unpaired) electrons. The number of aromatic nitrogens is 7. The van der Waals surface area contributed by atoms with Gasteiger partial charge in [0.15, 0.2) is 5.82 Å². The van der Waals surface area contributed by atoms with Gasteiger partial charge in [0.1, 0.15) is 36.6 Å². The zero-order valence-corrected chi connectivity index (χ0v) is 15.0. The Morgan fingerprint density at radius 3 is 2.59 bits per heavy atom. The van der Waals surface area contributed by atoms with E-state index in [0.717, 1.165) is 35.0 Å². The molecule has 138 valence electrons. The topological polar surface area (TPSA) is 87.4 Å². The summed E-state index contributed by atoms with van der Waals surface area (Å²) in [4.78, 5) is 8.60. The highest BCUT2D eigenvalue weighted by Gasteiger charge is 2.15. The summed E-state index contributed by atoms with van der Waals surface area (Å²) in [6, 6.07) is 6.18. The number of hydrogen-bond donors (Lipinski definition) is 0. The molecule has 4 aromatic rings. The molecule has 0 atom stereocenters. The SMILES string of the molecule is Cc1noc(C)c1CCc1nc(Cn2cncn2)nn1-c1ccc(F)cc1. The van der Waals surface area contributed by atoms with Gasteiger partial charge in [0.25, 0.3) is 0 Å². The van der Waals surface area contributed by atoms with Crippen molar-refractivity contribution < 1.29 is 8.91 Å². The van der Waals surface area contributed by atoms with Crippen molar-refractivity contribution >= 4 is 0 Å². The van der Waals surface area contributed by atoms with Gasteiger partial charge in [0, 0.05) is 12.0 Å². The second-order valence-electron chi connectivity index (χ2n) is 6.23. The van der Waals surface area contributed by atoms with Gasteiger partial charge in [-0.1, -0.05) is 5.16 Å². The molecule has 0 unspecified atom stereocenters. The quantitative estimate of drug-likeness (QED) is 0.520. The molecular weight excluding hydrogens is 349 g/mol. The maximum absolute atomic E-state index is 13.3. The van der Waals surface area contributed by atoms with Crippen LogP contribution in [-0.2, 0) is 19.4 Å². The molecule has 0 aliphatic carbocycles. The van der Waals surface area contributed by atoms with E-state index >= 15 is 0 Å². The number of halogens is 1. The number of aryl methyl sites for hydroxylation is 3. The minimum Gasteiger partial charge on any atom is -0.361 e. The average molecular weight is 367 g/mol. The Hall–Kier alpha value is -3.36. The number of rotatable bonds is 6. The average Bonchev–Trinajstić information content (AvgIpc) is 3.37. The normalized spacial score (nSPS) is 11.2. The summed E-state index contributed by atoms with van der Waals surface area (Å²) in [7, 11) is 0. The number of hydrogen-bond acceptors (Lipinski definition) is 6. The summed E-state index contributed by atoms with van der Waals surface area (Å²) in [6.45, 7) is 4.23. The molecule has 0 saturated heterocycles. The first-order valence-electron chi connectivity index (χ1n) is 8.55. The van der Waals surface area contributed by atoms with E-state index in [0.29, 0.717) is 18.8 Å². The minimum atomic E-state index is -0.293. The van der Waals surface area contributed by atoms with Crippen molar-refractivity contribution in [3.63, 3.8) is 0 Å². The van der Waals surface area contributed by atoms with Gasteiger partial charge in [-0.3, -0.25) is 0 Å². The van der Waals surface area contributed by atoms with Crippen molar-refractivity contribution in [2.75, 3.05) is 0 Å². The maximum Gasteiger partial charge on any atom is 0.172 e. The van der Waals surface area contributed by atoms with E-state index in [4.69, 9.17) is 4.52 Å². The fraction of sp³-hybridized carbons (Fsp3) is 0.278. The van der Waals surface area contributed by atoms with Crippen molar-refractivity contribution in [3.8, 4) is 5.69 Å². The first kappa shape index (κ1) is 17.1. The van der Waals surface area contributed by atoms with Gasteiger partial charge < -0.3 is 4.52 Å². The first-order chi connectivity index (χ1) is 13.1. The Kier molecular flexibility index (Phi) is 4.49. The van der Waals surface area contributed by atoms with Gasteiger partial charge in [-0.05, 0) is 44.5 Å². The monoisotopic (exact) mass is 367 g/mol. The molecule has 0 N–H and O–H groups in total. The zero-order valence-electron chi connectivity index (χ0n) is 15.0. The summed E-state index contributed by atoms with van der Waals surface area (Å²) in [6.07, 6.45) is 4.45. The minimum absolute atomic E-state index is 0.293. The lowest BCUT2D eigenvalue weighted by Crippen LogP contribution is -2.05. The van der Waals surface area contributed by atoms with Crippen LogP contribution >= 0.6 is 0 Å². The lowest BCUT2D eigenvalue weighted by molar-refractivity contribution is 0.392.